The average Bonchev–Trinajstić information content (AvgIpc) is 2.65. The van der Waals surface area contributed by atoms with Gasteiger partial charge in [0, 0.05) is 13.1 Å². The van der Waals surface area contributed by atoms with Gasteiger partial charge in [-0.1, -0.05) is 6.92 Å². The molecule has 0 saturated carbocycles. The van der Waals surface area contributed by atoms with Crippen LogP contribution in [-0.2, 0) is 9.53 Å². The summed E-state index contributed by atoms with van der Waals surface area (Å²) in [5.74, 6) is 0.504. The van der Waals surface area contributed by atoms with Gasteiger partial charge in [-0.3, -0.25) is 4.79 Å². The van der Waals surface area contributed by atoms with Crippen molar-refractivity contribution >= 4 is 5.97 Å². The predicted molar refractivity (Wildman–Crippen MR) is 54.8 cm³/mol. The fourth-order valence-electron chi connectivity index (χ4n) is 1.87. The lowest BCUT2D eigenvalue weighted by atomic mass is 10.1. The lowest BCUT2D eigenvalue weighted by Crippen LogP contribution is -2.31. The first kappa shape index (κ1) is 11.5. The van der Waals surface area contributed by atoms with E-state index in [0.29, 0.717) is 12.5 Å². The van der Waals surface area contributed by atoms with E-state index in [9.17, 15) is 4.79 Å². The molecule has 0 amide bonds. The standard InChI is InChI=1S/C10H20N2O2/c1-8(5-11)6-12-4-3-9(7-12)10(13)14-2/h8-9H,3-7,11H2,1-2H3. The summed E-state index contributed by atoms with van der Waals surface area (Å²) < 4.78 is 4.72. The van der Waals surface area contributed by atoms with E-state index in [1.807, 2.05) is 0 Å². The lowest BCUT2D eigenvalue weighted by molar-refractivity contribution is -0.144. The summed E-state index contributed by atoms with van der Waals surface area (Å²) in [6.45, 7) is 5.65. The van der Waals surface area contributed by atoms with Crippen molar-refractivity contribution in [1.29, 1.82) is 0 Å². The van der Waals surface area contributed by atoms with Crippen LogP contribution in [0.2, 0.25) is 0 Å². The third-order valence-electron chi connectivity index (χ3n) is 2.78. The molecule has 0 bridgehead atoms. The second-order valence-electron chi connectivity index (χ2n) is 4.11. The first-order valence-electron chi connectivity index (χ1n) is 5.17. The Labute approximate surface area is 85.4 Å². The molecular weight excluding hydrogens is 180 g/mol. The largest absolute Gasteiger partial charge is 0.469 e. The Hall–Kier alpha value is -0.610. The van der Waals surface area contributed by atoms with E-state index in [-0.39, 0.29) is 11.9 Å². The second kappa shape index (κ2) is 5.32. The van der Waals surface area contributed by atoms with Gasteiger partial charge in [0.05, 0.1) is 13.0 Å². The van der Waals surface area contributed by atoms with Gasteiger partial charge in [-0.15, -0.1) is 0 Å². The van der Waals surface area contributed by atoms with E-state index in [1.165, 1.54) is 7.11 Å². The van der Waals surface area contributed by atoms with Crippen LogP contribution in [0.25, 0.3) is 0 Å². The quantitative estimate of drug-likeness (QED) is 0.653. The summed E-state index contributed by atoms with van der Waals surface area (Å²) in [5, 5.41) is 0. The maximum Gasteiger partial charge on any atom is 0.310 e. The van der Waals surface area contributed by atoms with Crippen molar-refractivity contribution in [2.24, 2.45) is 17.6 Å². The highest BCUT2D eigenvalue weighted by Gasteiger charge is 2.29. The van der Waals surface area contributed by atoms with Gasteiger partial charge in [0.25, 0.3) is 0 Å². The van der Waals surface area contributed by atoms with E-state index in [2.05, 4.69) is 11.8 Å². The molecule has 0 aliphatic carbocycles. The zero-order chi connectivity index (χ0) is 10.6. The number of nitrogens with two attached hydrogens (primary N) is 1. The number of nitrogens with zero attached hydrogens (tertiary/aromatic N) is 1. The van der Waals surface area contributed by atoms with Crippen molar-refractivity contribution in [2.75, 3.05) is 33.3 Å². The van der Waals surface area contributed by atoms with Crippen LogP contribution < -0.4 is 5.73 Å². The number of carbonyl (C=O) groups excluding carboxylic acids is 1. The van der Waals surface area contributed by atoms with Gasteiger partial charge in [-0.2, -0.15) is 0 Å². The average molecular weight is 200 g/mol. The van der Waals surface area contributed by atoms with Crippen LogP contribution in [0.3, 0.4) is 0 Å². The van der Waals surface area contributed by atoms with Crippen LogP contribution in [-0.4, -0.2) is 44.2 Å². The minimum absolute atomic E-state index is 0.0741. The van der Waals surface area contributed by atoms with Crippen molar-refractivity contribution in [2.45, 2.75) is 13.3 Å². The molecule has 82 valence electrons. The number of hydrogen-bond donors (Lipinski definition) is 1. The smallest absolute Gasteiger partial charge is 0.310 e. The fraction of sp³-hybridized carbons (Fsp3) is 0.900. The molecule has 14 heavy (non-hydrogen) atoms. The molecule has 1 fully saturated rings. The zero-order valence-electron chi connectivity index (χ0n) is 9.03. The SMILES string of the molecule is COC(=O)C1CCN(CC(C)CN)C1. The van der Waals surface area contributed by atoms with Crippen molar-refractivity contribution in [3.05, 3.63) is 0 Å². The molecular formula is C10H20N2O2. The molecule has 0 spiro atoms. The Bertz CT molecular complexity index is 197. The minimum atomic E-state index is -0.0760. The highest BCUT2D eigenvalue weighted by Crippen LogP contribution is 2.18. The number of hydrogen-bond acceptors (Lipinski definition) is 4. The van der Waals surface area contributed by atoms with Gasteiger partial charge in [-0.25, -0.2) is 0 Å². The topological polar surface area (TPSA) is 55.6 Å². The molecule has 1 saturated heterocycles. The second-order valence-corrected chi connectivity index (χ2v) is 4.11. The summed E-state index contributed by atoms with van der Waals surface area (Å²) in [7, 11) is 1.45. The molecule has 0 aromatic heterocycles. The maximum absolute atomic E-state index is 11.2. The van der Waals surface area contributed by atoms with Crippen LogP contribution in [0.1, 0.15) is 13.3 Å². The number of rotatable bonds is 4. The number of carbonyl (C=O) groups is 1. The van der Waals surface area contributed by atoms with Crippen LogP contribution in [0.4, 0.5) is 0 Å². The third kappa shape index (κ3) is 2.96. The molecule has 2 atom stereocenters. The minimum Gasteiger partial charge on any atom is -0.469 e. The van der Waals surface area contributed by atoms with Crippen LogP contribution >= 0.6 is 0 Å². The van der Waals surface area contributed by atoms with Gasteiger partial charge >= 0.3 is 5.97 Å². The Kier molecular flexibility index (Phi) is 4.35. The molecule has 0 aromatic carbocycles. The Morgan fingerprint density at radius 2 is 2.43 bits per heavy atom. The molecule has 1 aliphatic heterocycles. The van der Waals surface area contributed by atoms with E-state index in [1.54, 1.807) is 0 Å². The van der Waals surface area contributed by atoms with E-state index >= 15 is 0 Å². The lowest BCUT2D eigenvalue weighted by Gasteiger charge is -2.19. The van der Waals surface area contributed by atoms with Crippen LogP contribution in [0, 0.1) is 11.8 Å². The number of esters is 1. The Morgan fingerprint density at radius 1 is 1.71 bits per heavy atom. The maximum atomic E-state index is 11.2. The third-order valence-corrected chi connectivity index (χ3v) is 2.78. The molecule has 0 aromatic rings. The van der Waals surface area contributed by atoms with E-state index in [0.717, 1.165) is 26.1 Å². The fourth-order valence-corrected chi connectivity index (χ4v) is 1.87. The van der Waals surface area contributed by atoms with Crippen LogP contribution in [0.15, 0.2) is 0 Å². The molecule has 1 rings (SSSR count). The summed E-state index contributed by atoms with van der Waals surface area (Å²) in [6, 6.07) is 0. The predicted octanol–water partition coefficient (Wildman–Crippen LogP) is 0.0761. The van der Waals surface area contributed by atoms with Gasteiger partial charge < -0.3 is 15.4 Å². The van der Waals surface area contributed by atoms with Gasteiger partial charge in [-0.05, 0) is 25.4 Å². The normalized spacial score (nSPS) is 24.9. The summed E-state index contributed by atoms with van der Waals surface area (Å²) >= 11 is 0. The number of ether oxygens (including phenoxy) is 1. The highest BCUT2D eigenvalue weighted by molar-refractivity contribution is 5.72. The van der Waals surface area contributed by atoms with Crippen LogP contribution in [0.5, 0.6) is 0 Å². The van der Waals surface area contributed by atoms with Crippen molar-refractivity contribution in [1.82, 2.24) is 4.90 Å². The monoisotopic (exact) mass is 200 g/mol. The molecule has 4 nitrogen and oxygen atoms in total. The molecule has 4 heteroatoms. The molecule has 0 radical (unpaired) electrons. The van der Waals surface area contributed by atoms with Gasteiger partial charge in [0.1, 0.15) is 0 Å². The molecule has 1 heterocycles. The van der Waals surface area contributed by atoms with Crippen molar-refractivity contribution in [3.8, 4) is 0 Å². The van der Waals surface area contributed by atoms with Crippen molar-refractivity contribution in [3.63, 3.8) is 0 Å². The molecule has 2 unspecified atom stereocenters. The summed E-state index contributed by atoms with van der Waals surface area (Å²) in [5.41, 5.74) is 5.55. The molecule has 2 N–H and O–H groups in total. The summed E-state index contributed by atoms with van der Waals surface area (Å²) in [6.07, 6.45) is 0.921. The van der Waals surface area contributed by atoms with Crippen molar-refractivity contribution < 1.29 is 9.53 Å². The molecule has 1 aliphatic rings. The zero-order valence-corrected chi connectivity index (χ0v) is 9.03. The summed E-state index contributed by atoms with van der Waals surface area (Å²) in [4.78, 5) is 13.5. The van der Waals surface area contributed by atoms with E-state index in [4.69, 9.17) is 10.5 Å². The first-order chi connectivity index (χ1) is 6.67. The van der Waals surface area contributed by atoms with Gasteiger partial charge in [0.2, 0.25) is 0 Å². The Morgan fingerprint density at radius 3 is 3.00 bits per heavy atom. The van der Waals surface area contributed by atoms with Gasteiger partial charge in [0.15, 0.2) is 0 Å². The first-order valence-corrected chi connectivity index (χ1v) is 5.17. The Balaban J connectivity index is 2.30. The number of methoxy groups -OCH3 is 1. The van der Waals surface area contributed by atoms with E-state index < -0.39 is 0 Å². The number of likely N-dealkylation sites (tertiary alicyclic amines) is 1. The highest BCUT2D eigenvalue weighted by atomic mass is 16.5.